The lowest BCUT2D eigenvalue weighted by Crippen LogP contribution is -2.27. The smallest absolute Gasteiger partial charge is 0.433 e. The number of carbonyl (C=O) groups is 1. The summed E-state index contributed by atoms with van der Waals surface area (Å²) >= 11 is 1.46. The van der Waals surface area contributed by atoms with Crippen LogP contribution in [-0.4, -0.2) is 36.3 Å². The third kappa shape index (κ3) is 4.97. The van der Waals surface area contributed by atoms with Crippen molar-refractivity contribution in [2.45, 2.75) is 38.4 Å². The molecule has 5 aromatic rings. The lowest BCUT2D eigenvalue weighted by molar-refractivity contribution is -0.142. The number of halogens is 3. The number of thiophene rings is 1. The Morgan fingerprint density at radius 2 is 1.80 bits per heavy atom. The number of para-hydroxylation sites is 1. The van der Waals surface area contributed by atoms with E-state index in [2.05, 4.69) is 15.2 Å². The molecule has 0 fully saturated rings. The highest BCUT2D eigenvalue weighted by Crippen LogP contribution is 2.39. The van der Waals surface area contributed by atoms with Crippen molar-refractivity contribution < 1.29 is 23.1 Å². The number of aromatic nitrogens is 3. The fourth-order valence-corrected chi connectivity index (χ4v) is 5.61. The number of benzene rings is 2. The maximum atomic E-state index is 14.2. The van der Waals surface area contributed by atoms with Crippen LogP contribution in [0.5, 0.6) is 5.75 Å². The molecule has 11 heteroatoms. The summed E-state index contributed by atoms with van der Waals surface area (Å²) in [5, 5.41) is 22.2. The summed E-state index contributed by atoms with van der Waals surface area (Å²) in [5.74, 6) is -0.447. The highest BCUT2D eigenvalue weighted by molar-refractivity contribution is 7.12. The Hall–Kier alpha value is -4.51. The SMILES string of the molecule is CC(C)c1ccc(-c2cc(C(F)(F)F)n3nc(C(=O)N4N=C(c5cccs5)C[C@H]4c4ccccc4O)cc3n2)cc1. The van der Waals surface area contributed by atoms with Crippen molar-refractivity contribution in [2.24, 2.45) is 5.10 Å². The van der Waals surface area contributed by atoms with Crippen LogP contribution in [0.15, 0.2) is 83.3 Å². The Kier molecular flexibility index (Phi) is 6.61. The molecular weight excluding hydrogens is 551 g/mol. The molecule has 0 saturated carbocycles. The molecule has 4 heterocycles. The number of hydrazone groups is 1. The number of amides is 1. The highest BCUT2D eigenvalue weighted by atomic mass is 32.1. The van der Waals surface area contributed by atoms with E-state index in [1.807, 2.05) is 43.5 Å². The molecular formula is C30H24F3N5O2S. The Balaban J connectivity index is 1.44. The molecule has 1 atom stereocenters. The van der Waals surface area contributed by atoms with Crippen molar-refractivity contribution in [3.05, 3.63) is 106 Å². The summed E-state index contributed by atoms with van der Waals surface area (Å²) in [5.41, 5.74) is 1.37. The summed E-state index contributed by atoms with van der Waals surface area (Å²) in [4.78, 5) is 19.1. The summed E-state index contributed by atoms with van der Waals surface area (Å²) in [7, 11) is 0. The van der Waals surface area contributed by atoms with Gasteiger partial charge in [-0.1, -0.05) is 62.4 Å². The monoisotopic (exact) mass is 575 g/mol. The largest absolute Gasteiger partial charge is 0.508 e. The number of phenolic OH excluding ortho intramolecular Hbond substituents is 1. The van der Waals surface area contributed by atoms with E-state index in [4.69, 9.17) is 0 Å². The van der Waals surface area contributed by atoms with Crippen molar-refractivity contribution in [2.75, 3.05) is 0 Å². The molecule has 0 bridgehead atoms. The molecule has 208 valence electrons. The van der Waals surface area contributed by atoms with Gasteiger partial charge >= 0.3 is 6.18 Å². The number of hydrogen-bond donors (Lipinski definition) is 1. The van der Waals surface area contributed by atoms with Crippen molar-refractivity contribution in [3.63, 3.8) is 0 Å². The van der Waals surface area contributed by atoms with Crippen LogP contribution < -0.4 is 0 Å². The van der Waals surface area contributed by atoms with Crippen LogP contribution in [0, 0.1) is 0 Å². The summed E-state index contributed by atoms with van der Waals surface area (Å²) in [6.45, 7) is 4.06. The Labute approximate surface area is 237 Å². The van der Waals surface area contributed by atoms with E-state index in [9.17, 15) is 23.1 Å². The molecule has 6 rings (SSSR count). The number of alkyl halides is 3. The van der Waals surface area contributed by atoms with Crippen LogP contribution >= 0.6 is 11.3 Å². The molecule has 0 saturated heterocycles. The van der Waals surface area contributed by atoms with Gasteiger partial charge in [0.2, 0.25) is 0 Å². The van der Waals surface area contributed by atoms with Gasteiger partial charge in [0.1, 0.15) is 5.75 Å². The number of aromatic hydroxyl groups is 1. The molecule has 2 aromatic carbocycles. The molecule has 3 aromatic heterocycles. The van der Waals surface area contributed by atoms with Gasteiger partial charge in [-0.25, -0.2) is 14.5 Å². The standard InChI is InChI=1S/C30H24F3N5O2S/c1-17(2)18-9-11-19(12-10-18)21-15-27(30(31,32)33)38-28(34-21)16-23(36-38)29(40)37-24(20-6-3-4-7-25(20)39)14-22(35-37)26-8-5-13-41-26/h3-13,15-17,24,39H,14H2,1-2H3/t24-/m0/s1. The lowest BCUT2D eigenvalue weighted by atomic mass is 10.00. The molecule has 1 aliphatic rings. The first-order chi connectivity index (χ1) is 19.6. The van der Waals surface area contributed by atoms with Crippen LogP contribution in [0.4, 0.5) is 13.2 Å². The zero-order chi connectivity index (χ0) is 28.9. The molecule has 0 radical (unpaired) electrons. The van der Waals surface area contributed by atoms with E-state index in [0.29, 0.717) is 27.8 Å². The zero-order valence-corrected chi connectivity index (χ0v) is 22.8. The van der Waals surface area contributed by atoms with Crippen molar-refractivity contribution in [3.8, 4) is 17.0 Å². The maximum absolute atomic E-state index is 14.2. The second-order valence-corrected chi connectivity index (χ2v) is 11.0. The molecule has 0 aliphatic carbocycles. The third-order valence-electron chi connectivity index (χ3n) is 7.03. The number of nitrogens with zero attached hydrogens (tertiary/aromatic N) is 5. The lowest BCUT2D eigenvalue weighted by Gasteiger charge is -2.21. The number of rotatable bonds is 5. The van der Waals surface area contributed by atoms with Gasteiger partial charge in [-0.15, -0.1) is 11.3 Å². The van der Waals surface area contributed by atoms with E-state index in [1.165, 1.54) is 28.5 Å². The quantitative estimate of drug-likeness (QED) is 0.238. The molecule has 41 heavy (non-hydrogen) atoms. The van der Waals surface area contributed by atoms with E-state index in [0.717, 1.165) is 16.5 Å². The molecule has 1 aliphatic heterocycles. The minimum Gasteiger partial charge on any atom is -0.508 e. The fraction of sp³-hybridized carbons (Fsp3) is 0.200. The zero-order valence-electron chi connectivity index (χ0n) is 22.0. The first-order valence-corrected chi connectivity index (χ1v) is 13.8. The van der Waals surface area contributed by atoms with Gasteiger partial charge in [0.15, 0.2) is 17.0 Å². The second kappa shape index (κ2) is 10.2. The normalized spacial score (nSPS) is 15.6. The van der Waals surface area contributed by atoms with E-state index in [1.54, 1.807) is 30.3 Å². The average molecular weight is 576 g/mol. The van der Waals surface area contributed by atoms with E-state index >= 15 is 0 Å². The number of carbonyl (C=O) groups excluding carboxylic acids is 1. The maximum Gasteiger partial charge on any atom is 0.433 e. The predicted octanol–water partition coefficient (Wildman–Crippen LogP) is 7.30. The van der Waals surface area contributed by atoms with Crippen LogP contribution in [-0.2, 0) is 6.18 Å². The molecule has 1 amide bonds. The van der Waals surface area contributed by atoms with Gasteiger partial charge in [-0.3, -0.25) is 4.79 Å². The van der Waals surface area contributed by atoms with Crippen LogP contribution in [0.2, 0.25) is 0 Å². The minimum absolute atomic E-state index is 0.0120. The highest BCUT2D eigenvalue weighted by Gasteiger charge is 2.38. The summed E-state index contributed by atoms with van der Waals surface area (Å²) < 4.78 is 43.2. The summed E-state index contributed by atoms with van der Waals surface area (Å²) in [6.07, 6.45) is -4.43. The van der Waals surface area contributed by atoms with Gasteiger partial charge in [-0.2, -0.15) is 23.4 Å². The summed E-state index contributed by atoms with van der Waals surface area (Å²) in [6, 6.07) is 19.0. The average Bonchev–Trinajstić information content (AvgIpc) is 3.71. The van der Waals surface area contributed by atoms with E-state index < -0.39 is 23.8 Å². The second-order valence-electron chi connectivity index (χ2n) is 10.1. The Morgan fingerprint density at radius 3 is 2.46 bits per heavy atom. The van der Waals surface area contributed by atoms with Gasteiger partial charge in [-0.05, 0) is 35.1 Å². The van der Waals surface area contributed by atoms with Gasteiger partial charge in [0.25, 0.3) is 5.91 Å². The molecule has 7 nitrogen and oxygen atoms in total. The minimum atomic E-state index is -4.75. The first kappa shape index (κ1) is 26.7. The molecule has 0 spiro atoms. The van der Waals surface area contributed by atoms with Crippen LogP contribution in [0.3, 0.4) is 0 Å². The third-order valence-corrected chi connectivity index (χ3v) is 7.95. The number of hydrogen-bond acceptors (Lipinski definition) is 6. The van der Waals surface area contributed by atoms with Crippen molar-refractivity contribution >= 4 is 28.6 Å². The van der Waals surface area contributed by atoms with Crippen molar-refractivity contribution in [1.82, 2.24) is 19.6 Å². The van der Waals surface area contributed by atoms with Gasteiger partial charge in [0.05, 0.1) is 22.3 Å². The molecule has 0 unspecified atom stereocenters. The first-order valence-electron chi connectivity index (χ1n) is 12.9. The van der Waals surface area contributed by atoms with Crippen molar-refractivity contribution in [1.29, 1.82) is 0 Å². The van der Waals surface area contributed by atoms with Crippen LogP contribution in [0.25, 0.3) is 16.9 Å². The Morgan fingerprint density at radius 1 is 1.05 bits per heavy atom. The number of phenols is 1. The van der Waals surface area contributed by atoms with Gasteiger partial charge < -0.3 is 5.11 Å². The van der Waals surface area contributed by atoms with E-state index in [-0.39, 0.29) is 28.7 Å². The number of fused-ring (bicyclic) bond motifs is 1. The van der Waals surface area contributed by atoms with Gasteiger partial charge in [0, 0.05) is 23.6 Å². The predicted molar refractivity (Wildman–Crippen MR) is 150 cm³/mol. The molecule has 1 N–H and O–H groups in total. The van der Waals surface area contributed by atoms with Crippen LogP contribution in [0.1, 0.15) is 64.4 Å². The topological polar surface area (TPSA) is 83.1 Å². The fourth-order valence-electron chi connectivity index (χ4n) is 4.89. The Bertz CT molecular complexity index is 1780.